The Balaban J connectivity index is 1.52. The number of aryl methyl sites for hydroxylation is 1. The average molecular weight is 551 g/mol. The first kappa shape index (κ1) is 26.2. The number of carbonyl (C=O) groups is 1. The molecule has 3 aromatic rings. The molecule has 0 bridgehead atoms. The van der Waals surface area contributed by atoms with Crippen molar-refractivity contribution >= 4 is 43.1 Å². The molecule has 0 saturated carbocycles. The molecule has 0 radical (unpaired) electrons. The Morgan fingerprint density at radius 1 is 1.06 bits per heavy atom. The SMILES string of the molecule is Cc1ccccc1CS(=O)(=O)c1ncc(Cl)c(C(=O)Nc2ccc(S(=O)(=O)N3CCOCC3)cc2)n1. The zero-order chi connectivity index (χ0) is 25.9. The van der Waals surface area contributed by atoms with Crippen LogP contribution >= 0.6 is 11.6 Å². The van der Waals surface area contributed by atoms with Crippen LogP contribution in [0.2, 0.25) is 5.02 Å². The van der Waals surface area contributed by atoms with Gasteiger partial charge in [0, 0.05) is 18.8 Å². The Kier molecular flexibility index (Phi) is 7.71. The van der Waals surface area contributed by atoms with Crippen molar-refractivity contribution in [3.05, 3.63) is 76.6 Å². The van der Waals surface area contributed by atoms with Crippen molar-refractivity contribution in [3.8, 4) is 0 Å². The van der Waals surface area contributed by atoms with E-state index in [2.05, 4.69) is 15.3 Å². The standard InChI is InChI=1S/C23H23ClN4O6S2/c1-16-4-2-3-5-17(16)15-35(30,31)23-25-14-20(24)21(27-23)22(29)26-18-6-8-19(9-7-18)36(32,33)28-10-12-34-13-11-28/h2-9,14H,10-13,15H2,1H3,(H,26,29). The molecule has 4 rings (SSSR count). The second-order valence-electron chi connectivity index (χ2n) is 8.03. The third-order valence-electron chi connectivity index (χ3n) is 5.54. The molecule has 0 spiro atoms. The van der Waals surface area contributed by atoms with E-state index in [1.54, 1.807) is 31.2 Å². The van der Waals surface area contributed by atoms with Crippen molar-refractivity contribution < 1.29 is 26.4 Å². The second-order valence-corrected chi connectivity index (χ2v) is 12.3. The van der Waals surface area contributed by atoms with E-state index < -0.39 is 30.9 Å². The number of hydrogen-bond acceptors (Lipinski definition) is 8. The van der Waals surface area contributed by atoms with Crippen molar-refractivity contribution in [3.63, 3.8) is 0 Å². The van der Waals surface area contributed by atoms with Gasteiger partial charge in [-0.1, -0.05) is 35.9 Å². The number of nitrogens with zero attached hydrogens (tertiary/aromatic N) is 3. The lowest BCUT2D eigenvalue weighted by molar-refractivity contribution is 0.0730. The molecular formula is C23H23ClN4O6S2. The number of rotatable bonds is 7. The lowest BCUT2D eigenvalue weighted by atomic mass is 10.1. The minimum Gasteiger partial charge on any atom is -0.379 e. The van der Waals surface area contributed by atoms with Crippen LogP contribution in [0.25, 0.3) is 0 Å². The van der Waals surface area contributed by atoms with Gasteiger partial charge in [-0.05, 0) is 42.3 Å². The van der Waals surface area contributed by atoms with Gasteiger partial charge in [-0.3, -0.25) is 4.79 Å². The molecule has 1 aliphatic rings. The summed E-state index contributed by atoms with van der Waals surface area (Å²) in [5, 5.41) is 1.91. The third kappa shape index (κ3) is 5.73. The number of morpholine rings is 1. The average Bonchev–Trinajstić information content (AvgIpc) is 2.86. The van der Waals surface area contributed by atoms with Crippen LogP contribution in [-0.2, 0) is 30.4 Å². The van der Waals surface area contributed by atoms with E-state index in [1.165, 1.54) is 28.6 Å². The topological polar surface area (TPSA) is 136 Å². The molecule has 1 aliphatic heterocycles. The summed E-state index contributed by atoms with van der Waals surface area (Å²) < 4.78 is 57.8. The van der Waals surface area contributed by atoms with Crippen LogP contribution < -0.4 is 5.32 Å². The van der Waals surface area contributed by atoms with Gasteiger partial charge in [0.25, 0.3) is 5.91 Å². The van der Waals surface area contributed by atoms with Crippen LogP contribution in [0.15, 0.2) is 64.8 Å². The van der Waals surface area contributed by atoms with Gasteiger partial charge in [-0.25, -0.2) is 26.8 Å². The number of amides is 1. The molecule has 2 heterocycles. The minimum absolute atomic E-state index is 0.0760. The van der Waals surface area contributed by atoms with Crippen molar-refractivity contribution in [1.29, 1.82) is 0 Å². The smallest absolute Gasteiger partial charge is 0.275 e. The number of carbonyl (C=O) groups excluding carboxylic acids is 1. The summed E-state index contributed by atoms with van der Waals surface area (Å²) in [7, 11) is -7.64. The number of anilines is 1. The van der Waals surface area contributed by atoms with E-state index in [1.807, 2.05) is 0 Å². The summed E-state index contributed by atoms with van der Waals surface area (Å²) in [6.07, 6.45) is 1.06. The van der Waals surface area contributed by atoms with Gasteiger partial charge in [0.15, 0.2) is 5.69 Å². The molecule has 190 valence electrons. The van der Waals surface area contributed by atoms with Crippen LogP contribution in [0.3, 0.4) is 0 Å². The molecule has 0 atom stereocenters. The molecule has 0 unspecified atom stereocenters. The maximum atomic E-state index is 12.9. The maximum absolute atomic E-state index is 12.9. The zero-order valence-corrected chi connectivity index (χ0v) is 21.6. The molecule has 1 fully saturated rings. The molecule has 10 nitrogen and oxygen atoms in total. The molecule has 1 saturated heterocycles. The second kappa shape index (κ2) is 10.6. The number of nitrogens with one attached hydrogen (secondary N) is 1. The van der Waals surface area contributed by atoms with Gasteiger partial charge in [0.05, 0.1) is 35.1 Å². The van der Waals surface area contributed by atoms with E-state index >= 15 is 0 Å². The number of aromatic nitrogens is 2. The first-order valence-corrected chi connectivity index (χ1v) is 14.3. The Morgan fingerprint density at radius 2 is 1.72 bits per heavy atom. The predicted molar refractivity (Wildman–Crippen MR) is 133 cm³/mol. The normalized spacial score (nSPS) is 14.9. The molecule has 1 aromatic heterocycles. The fourth-order valence-corrected chi connectivity index (χ4v) is 6.43. The van der Waals surface area contributed by atoms with E-state index in [0.29, 0.717) is 18.8 Å². The predicted octanol–water partition coefficient (Wildman–Crippen LogP) is 2.69. The van der Waals surface area contributed by atoms with Gasteiger partial charge in [-0.2, -0.15) is 4.31 Å². The summed E-state index contributed by atoms with van der Waals surface area (Å²) in [6.45, 7) is 2.99. The molecule has 13 heteroatoms. The molecule has 1 amide bonds. The van der Waals surface area contributed by atoms with Crippen LogP contribution in [0, 0.1) is 6.92 Å². The largest absolute Gasteiger partial charge is 0.379 e. The Morgan fingerprint density at radius 3 is 2.39 bits per heavy atom. The fraction of sp³-hybridized carbons (Fsp3) is 0.261. The van der Waals surface area contributed by atoms with E-state index in [0.717, 1.165) is 11.8 Å². The summed E-state index contributed by atoms with van der Waals surface area (Å²) >= 11 is 6.09. The molecular weight excluding hydrogens is 528 g/mol. The quantitative estimate of drug-likeness (QED) is 0.443. The summed E-state index contributed by atoms with van der Waals surface area (Å²) in [5.74, 6) is -1.10. The first-order chi connectivity index (χ1) is 17.1. The van der Waals surface area contributed by atoms with Crippen molar-refractivity contribution in [1.82, 2.24) is 14.3 Å². The highest BCUT2D eigenvalue weighted by Gasteiger charge is 2.27. The minimum atomic E-state index is -3.96. The van der Waals surface area contributed by atoms with Crippen LogP contribution in [0.5, 0.6) is 0 Å². The van der Waals surface area contributed by atoms with E-state index in [9.17, 15) is 21.6 Å². The Bertz CT molecular complexity index is 1490. The zero-order valence-electron chi connectivity index (χ0n) is 19.2. The highest BCUT2D eigenvalue weighted by molar-refractivity contribution is 7.90. The van der Waals surface area contributed by atoms with Gasteiger partial charge < -0.3 is 10.1 Å². The van der Waals surface area contributed by atoms with Crippen LogP contribution in [-0.4, -0.2) is 63.3 Å². The van der Waals surface area contributed by atoms with Gasteiger partial charge in [0.2, 0.25) is 25.0 Å². The van der Waals surface area contributed by atoms with Crippen molar-refractivity contribution in [2.24, 2.45) is 0 Å². The monoisotopic (exact) mass is 550 g/mol. The summed E-state index contributed by atoms with van der Waals surface area (Å²) in [5.41, 5.74) is 1.35. The Labute approximate surface area is 214 Å². The summed E-state index contributed by atoms with van der Waals surface area (Å²) in [4.78, 5) is 20.7. The highest BCUT2D eigenvalue weighted by atomic mass is 35.5. The van der Waals surface area contributed by atoms with Gasteiger partial charge in [-0.15, -0.1) is 0 Å². The van der Waals surface area contributed by atoms with E-state index in [-0.39, 0.29) is 40.1 Å². The number of sulfone groups is 1. The van der Waals surface area contributed by atoms with Gasteiger partial charge in [0.1, 0.15) is 0 Å². The van der Waals surface area contributed by atoms with Gasteiger partial charge >= 0.3 is 0 Å². The number of sulfonamides is 1. The van der Waals surface area contributed by atoms with E-state index in [4.69, 9.17) is 16.3 Å². The van der Waals surface area contributed by atoms with Crippen LogP contribution in [0.1, 0.15) is 21.6 Å². The molecule has 0 aliphatic carbocycles. The summed E-state index contributed by atoms with van der Waals surface area (Å²) in [6, 6.07) is 12.6. The maximum Gasteiger partial charge on any atom is 0.275 e. The number of ether oxygens (including phenoxy) is 1. The Hall–Kier alpha value is -2.90. The number of halogens is 1. The molecule has 1 N–H and O–H groups in total. The molecule has 36 heavy (non-hydrogen) atoms. The lowest BCUT2D eigenvalue weighted by Crippen LogP contribution is -2.40. The number of hydrogen-bond donors (Lipinski definition) is 1. The highest BCUT2D eigenvalue weighted by Crippen LogP contribution is 2.22. The van der Waals surface area contributed by atoms with Crippen molar-refractivity contribution in [2.75, 3.05) is 31.6 Å². The third-order valence-corrected chi connectivity index (χ3v) is 9.18. The number of benzene rings is 2. The van der Waals surface area contributed by atoms with Crippen LogP contribution in [0.4, 0.5) is 5.69 Å². The molecule has 2 aromatic carbocycles. The first-order valence-electron chi connectivity index (χ1n) is 10.9. The lowest BCUT2D eigenvalue weighted by Gasteiger charge is -2.26. The van der Waals surface area contributed by atoms with Crippen molar-refractivity contribution in [2.45, 2.75) is 22.7 Å². The fourth-order valence-electron chi connectivity index (χ4n) is 3.54.